The van der Waals surface area contributed by atoms with E-state index in [0.29, 0.717) is 0 Å². The third kappa shape index (κ3) is 4.50. The smallest absolute Gasteiger partial charge is 0.0386 e. The van der Waals surface area contributed by atoms with Crippen LogP contribution in [0.25, 0.3) is 0 Å². The molecule has 19 heavy (non-hydrogen) atoms. The lowest BCUT2D eigenvalue weighted by atomic mass is 9.70. The summed E-state index contributed by atoms with van der Waals surface area (Å²) in [5.41, 5.74) is 0. The zero-order valence-electron chi connectivity index (χ0n) is 13.7. The fourth-order valence-electron chi connectivity index (χ4n) is 4.82. The SMILES string of the molecule is CCC1CCC(CCC2CCC(C)CC2CC)CC1. The Morgan fingerprint density at radius 3 is 2.00 bits per heavy atom. The third-order valence-electron chi connectivity index (χ3n) is 6.42. The summed E-state index contributed by atoms with van der Waals surface area (Å²) in [6, 6.07) is 0. The van der Waals surface area contributed by atoms with Crippen LogP contribution in [0.15, 0.2) is 0 Å². The molecular weight excluding hydrogens is 228 g/mol. The van der Waals surface area contributed by atoms with Gasteiger partial charge in [-0.2, -0.15) is 0 Å². The third-order valence-corrected chi connectivity index (χ3v) is 6.42. The molecule has 0 heterocycles. The van der Waals surface area contributed by atoms with E-state index in [4.69, 9.17) is 0 Å². The van der Waals surface area contributed by atoms with Crippen molar-refractivity contribution in [1.82, 2.24) is 0 Å². The zero-order valence-corrected chi connectivity index (χ0v) is 13.7. The topological polar surface area (TPSA) is 0 Å². The second-order valence-corrected chi connectivity index (χ2v) is 7.72. The van der Waals surface area contributed by atoms with Gasteiger partial charge in [-0.1, -0.05) is 72.1 Å². The molecule has 2 aliphatic rings. The molecule has 0 bridgehead atoms. The maximum atomic E-state index is 2.46. The fourth-order valence-corrected chi connectivity index (χ4v) is 4.82. The van der Waals surface area contributed by atoms with E-state index in [1.165, 1.54) is 44.9 Å². The Labute approximate surface area is 121 Å². The van der Waals surface area contributed by atoms with Crippen LogP contribution in [0.2, 0.25) is 0 Å². The highest BCUT2D eigenvalue weighted by molar-refractivity contribution is 4.80. The van der Waals surface area contributed by atoms with Crippen LogP contribution < -0.4 is 0 Å². The Kier molecular flexibility index (Phi) is 6.23. The molecule has 0 saturated heterocycles. The summed E-state index contributed by atoms with van der Waals surface area (Å²) in [4.78, 5) is 0. The largest absolute Gasteiger partial charge is 0.0651 e. The van der Waals surface area contributed by atoms with Crippen molar-refractivity contribution in [3.05, 3.63) is 0 Å². The minimum Gasteiger partial charge on any atom is -0.0651 e. The van der Waals surface area contributed by atoms with E-state index >= 15 is 0 Å². The second-order valence-electron chi connectivity index (χ2n) is 7.72. The van der Waals surface area contributed by atoms with Crippen molar-refractivity contribution in [2.75, 3.05) is 0 Å². The van der Waals surface area contributed by atoms with Gasteiger partial charge in [-0.05, 0) is 48.9 Å². The molecule has 3 atom stereocenters. The van der Waals surface area contributed by atoms with Gasteiger partial charge in [-0.3, -0.25) is 0 Å². The summed E-state index contributed by atoms with van der Waals surface area (Å²) in [5, 5.41) is 0. The van der Waals surface area contributed by atoms with Crippen molar-refractivity contribution in [2.24, 2.45) is 29.6 Å². The molecule has 0 aromatic carbocycles. The molecule has 0 amide bonds. The van der Waals surface area contributed by atoms with Crippen LogP contribution in [0.1, 0.15) is 91.4 Å². The highest BCUT2D eigenvalue weighted by Crippen LogP contribution is 2.40. The number of rotatable bonds is 5. The first-order chi connectivity index (χ1) is 9.22. The first-order valence-corrected chi connectivity index (χ1v) is 9.22. The summed E-state index contributed by atoms with van der Waals surface area (Å²) < 4.78 is 0. The maximum Gasteiger partial charge on any atom is -0.0386 e. The van der Waals surface area contributed by atoms with Gasteiger partial charge in [0, 0.05) is 0 Å². The molecular formula is C19H36. The summed E-state index contributed by atoms with van der Waals surface area (Å²) in [5.74, 6) is 5.27. The van der Waals surface area contributed by atoms with Crippen molar-refractivity contribution in [3.63, 3.8) is 0 Å². The van der Waals surface area contributed by atoms with E-state index in [-0.39, 0.29) is 0 Å². The predicted molar refractivity (Wildman–Crippen MR) is 85.3 cm³/mol. The predicted octanol–water partition coefficient (Wildman–Crippen LogP) is 6.45. The Balaban J connectivity index is 1.70. The molecule has 2 saturated carbocycles. The van der Waals surface area contributed by atoms with E-state index in [0.717, 1.165) is 29.6 Å². The van der Waals surface area contributed by atoms with Crippen molar-refractivity contribution >= 4 is 0 Å². The molecule has 0 aromatic rings. The lowest BCUT2D eigenvalue weighted by molar-refractivity contribution is 0.155. The van der Waals surface area contributed by atoms with Crippen LogP contribution in [-0.4, -0.2) is 0 Å². The van der Waals surface area contributed by atoms with Gasteiger partial charge in [-0.15, -0.1) is 0 Å². The van der Waals surface area contributed by atoms with Gasteiger partial charge in [0.15, 0.2) is 0 Å². The van der Waals surface area contributed by atoms with Gasteiger partial charge < -0.3 is 0 Å². The van der Waals surface area contributed by atoms with Crippen LogP contribution in [0.4, 0.5) is 0 Å². The normalized spacial score (nSPS) is 40.3. The number of hydrogen-bond acceptors (Lipinski definition) is 0. The molecule has 0 radical (unpaired) electrons. The minimum absolute atomic E-state index is 1.00. The van der Waals surface area contributed by atoms with Gasteiger partial charge in [0.05, 0.1) is 0 Å². The van der Waals surface area contributed by atoms with Crippen molar-refractivity contribution in [2.45, 2.75) is 91.4 Å². The molecule has 0 nitrogen and oxygen atoms in total. The van der Waals surface area contributed by atoms with Crippen molar-refractivity contribution < 1.29 is 0 Å². The van der Waals surface area contributed by atoms with Crippen LogP contribution in [0, 0.1) is 29.6 Å². The van der Waals surface area contributed by atoms with Gasteiger partial charge in [0.25, 0.3) is 0 Å². The summed E-state index contributed by atoms with van der Waals surface area (Å²) >= 11 is 0. The van der Waals surface area contributed by atoms with E-state index in [1.807, 2.05) is 0 Å². The van der Waals surface area contributed by atoms with Crippen LogP contribution in [-0.2, 0) is 0 Å². The molecule has 2 fully saturated rings. The van der Waals surface area contributed by atoms with E-state index in [2.05, 4.69) is 20.8 Å². The standard InChI is InChI=1S/C19H36/c1-4-16-7-9-17(10-8-16)11-13-19-12-6-15(3)14-18(19)5-2/h15-19H,4-14H2,1-3H3. The van der Waals surface area contributed by atoms with Gasteiger partial charge >= 0.3 is 0 Å². The Bertz CT molecular complexity index is 236. The number of hydrogen-bond donors (Lipinski definition) is 0. The van der Waals surface area contributed by atoms with Crippen molar-refractivity contribution in [3.8, 4) is 0 Å². The van der Waals surface area contributed by atoms with Gasteiger partial charge in [0.1, 0.15) is 0 Å². The monoisotopic (exact) mass is 264 g/mol. The highest BCUT2D eigenvalue weighted by atomic mass is 14.3. The Morgan fingerprint density at radius 1 is 0.684 bits per heavy atom. The van der Waals surface area contributed by atoms with Gasteiger partial charge in [-0.25, -0.2) is 0 Å². The van der Waals surface area contributed by atoms with Crippen LogP contribution in [0.5, 0.6) is 0 Å². The van der Waals surface area contributed by atoms with E-state index in [9.17, 15) is 0 Å². The highest BCUT2D eigenvalue weighted by Gasteiger charge is 2.28. The Hall–Kier alpha value is 0. The molecule has 0 N–H and O–H groups in total. The summed E-state index contributed by atoms with van der Waals surface area (Å²) in [6.07, 6.45) is 16.6. The summed E-state index contributed by atoms with van der Waals surface area (Å²) in [7, 11) is 0. The molecule has 0 heteroatoms. The molecule has 0 aromatic heterocycles. The van der Waals surface area contributed by atoms with E-state index < -0.39 is 0 Å². The average Bonchev–Trinajstić information content (AvgIpc) is 2.46. The average molecular weight is 264 g/mol. The molecule has 0 spiro atoms. The molecule has 2 rings (SSSR count). The lowest BCUT2D eigenvalue weighted by Crippen LogP contribution is -2.24. The minimum atomic E-state index is 1.00. The maximum absolute atomic E-state index is 2.46. The van der Waals surface area contributed by atoms with Crippen LogP contribution >= 0.6 is 0 Å². The van der Waals surface area contributed by atoms with Crippen molar-refractivity contribution in [1.29, 1.82) is 0 Å². The Morgan fingerprint density at radius 2 is 1.37 bits per heavy atom. The lowest BCUT2D eigenvalue weighted by Gasteiger charge is -2.36. The van der Waals surface area contributed by atoms with Gasteiger partial charge in [0.2, 0.25) is 0 Å². The molecule has 0 aliphatic heterocycles. The van der Waals surface area contributed by atoms with Crippen LogP contribution in [0.3, 0.4) is 0 Å². The molecule has 2 aliphatic carbocycles. The second kappa shape index (κ2) is 7.70. The molecule has 112 valence electrons. The summed E-state index contributed by atoms with van der Waals surface area (Å²) in [6.45, 7) is 7.26. The first kappa shape index (κ1) is 15.4. The molecule has 3 unspecified atom stereocenters. The van der Waals surface area contributed by atoms with E-state index in [1.54, 1.807) is 25.7 Å². The quantitative estimate of drug-likeness (QED) is 0.535. The first-order valence-electron chi connectivity index (χ1n) is 9.22. The fraction of sp³-hybridized carbons (Fsp3) is 1.00. The zero-order chi connectivity index (χ0) is 13.7.